The summed E-state index contributed by atoms with van der Waals surface area (Å²) in [6, 6.07) is 0. The number of hydrogen-bond donors (Lipinski definition) is 0. The van der Waals surface area contributed by atoms with Crippen molar-refractivity contribution in [3.63, 3.8) is 0 Å². The number of aryl methyl sites for hydroxylation is 1. The van der Waals surface area contributed by atoms with E-state index in [1.165, 1.54) is 0 Å². The summed E-state index contributed by atoms with van der Waals surface area (Å²) in [4.78, 5) is 11.7. The predicted molar refractivity (Wildman–Crippen MR) is 78.4 cm³/mol. The summed E-state index contributed by atoms with van der Waals surface area (Å²) >= 11 is 2.30. The minimum absolute atomic E-state index is 0.442. The molecule has 0 amide bonds. The summed E-state index contributed by atoms with van der Waals surface area (Å²) in [6.45, 7) is 4.75. The Balaban J connectivity index is 1.64. The number of alkyl halides is 3. The van der Waals surface area contributed by atoms with Crippen LogP contribution in [0.5, 0.6) is 0 Å². The van der Waals surface area contributed by atoms with Gasteiger partial charge in [0.15, 0.2) is 10.3 Å². The number of anilines is 2. The fourth-order valence-corrected chi connectivity index (χ4v) is 3.81. The molecule has 0 N–H and O–H groups in total. The highest BCUT2D eigenvalue weighted by molar-refractivity contribution is 7.15. The average Bonchev–Trinajstić information content (AvgIpc) is 3.07. The molecule has 1 saturated heterocycles. The van der Waals surface area contributed by atoms with Crippen LogP contribution < -0.4 is 9.80 Å². The molecule has 0 spiro atoms. The molecule has 4 nitrogen and oxygen atoms in total. The van der Waals surface area contributed by atoms with E-state index >= 15 is 0 Å². The number of piperazine rings is 1. The molecule has 0 radical (unpaired) electrons. The van der Waals surface area contributed by atoms with E-state index in [1.54, 1.807) is 11.3 Å². The molecule has 3 heterocycles. The van der Waals surface area contributed by atoms with Gasteiger partial charge < -0.3 is 9.80 Å². The van der Waals surface area contributed by atoms with Gasteiger partial charge in [-0.25, -0.2) is 9.97 Å². The number of hydrogen-bond acceptors (Lipinski definition) is 6. The topological polar surface area (TPSA) is 32.3 Å². The minimum atomic E-state index is -4.31. The second-order valence-electron chi connectivity index (χ2n) is 4.75. The first kappa shape index (κ1) is 14.6. The van der Waals surface area contributed by atoms with E-state index in [0.29, 0.717) is 29.6 Å². The summed E-state index contributed by atoms with van der Waals surface area (Å²) in [6.07, 6.45) is -3.40. The fraction of sp³-hybridized carbons (Fsp3) is 0.500. The molecule has 9 heteroatoms. The first-order valence-electron chi connectivity index (χ1n) is 6.38. The van der Waals surface area contributed by atoms with Crippen LogP contribution >= 0.6 is 22.7 Å². The van der Waals surface area contributed by atoms with E-state index in [2.05, 4.69) is 14.9 Å². The molecule has 3 rings (SSSR count). The summed E-state index contributed by atoms with van der Waals surface area (Å²) in [5.41, 5.74) is 0.993. The van der Waals surface area contributed by atoms with Gasteiger partial charge in [0.05, 0.1) is 11.9 Å². The number of aromatic nitrogens is 2. The molecule has 0 aromatic carbocycles. The number of halogens is 3. The minimum Gasteiger partial charge on any atom is -0.345 e. The van der Waals surface area contributed by atoms with Gasteiger partial charge in [-0.15, -0.1) is 11.3 Å². The average molecular weight is 334 g/mol. The summed E-state index contributed by atoms with van der Waals surface area (Å²) in [5.74, 6) is 0. The van der Waals surface area contributed by atoms with Crippen LogP contribution in [0.15, 0.2) is 11.6 Å². The van der Waals surface area contributed by atoms with Crippen molar-refractivity contribution in [1.82, 2.24) is 9.97 Å². The summed E-state index contributed by atoms with van der Waals surface area (Å²) in [5, 5.41) is 3.41. The van der Waals surface area contributed by atoms with Gasteiger partial charge in [0, 0.05) is 31.6 Å². The highest BCUT2D eigenvalue weighted by Gasteiger charge is 2.34. The Kier molecular flexibility index (Phi) is 3.78. The van der Waals surface area contributed by atoms with Gasteiger partial charge in [0.25, 0.3) is 0 Å². The molecule has 1 aliphatic heterocycles. The maximum Gasteiger partial charge on any atom is 0.427 e. The molecule has 2 aromatic rings. The van der Waals surface area contributed by atoms with Gasteiger partial charge in [-0.1, -0.05) is 11.3 Å². The van der Waals surface area contributed by atoms with Crippen LogP contribution in [-0.2, 0) is 6.18 Å². The fourth-order valence-electron chi connectivity index (χ4n) is 2.12. The van der Waals surface area contributed by atoms with Crippen LogP contribution in [0.4, 0.5) is 23.4 Å². The van der Waals surface area contributed by atoms with Gasteiger partial charge in [0.2, 0.25) is 0 Å². The van der Waals surface area contributed by atoms with Crippen molar-refractivity contribution >= 4 is 32.9 Å². The molecule has 2 aromatic heterocycles. The van der Waals surface area contributed by atoms with E-state index < -0.39 is 11.1 Å². The lowest BCUT2D eigenvalue weighted by Gasteiger charge is -2.34. The lowest BCUT2D eigenvalue weighted by molar-refractivity contribution is -0.134. The van der Waals surface area contributed by atoms with Crippen LogP contribution in [-0.4, -0.2) is 36.1 Å². The third-order valence-electron chi connectivity index (χ3n) is 3.20. The van der Waals surface area contributed by atoms with E-state index in [9.17, 15) is 13.2 Å². The van der Waals surface area contributed by atoms with Crippen molar-refractivity contribution in [1.29, 1.82) is 0 Å². The zero-order chi connectivity index (χ0) is 15.0. The van der Waals surface area contributed by atoms with Crippen molar-refractivity contribution in [2.45, 2.75) is 13.1 Å². The van der Waals surface area contributed by atoms with Crippen molar-refractivity contribution in [3.05, 3.63) is 22.1 Å². The number of nitrogens with zero attached hydrogens (tertiary/aromatic N) is 4. The van der Waals surface area contributed by atoms with Crippen molar-refractivity contribution in [2.75, 3.05) is 36.0 Å². The zero-order valence-corrected chi connectivity index (χ0v) is 12.9. The standard InChI is InChI=1S/C12H13F3N4S2/c1-8-7-20-11(17-8)19-4-2-18(3-5-19)10-16-6-9(21-10)12(13,14)15/h6-7H,2-5H2,1H3. The van der Waals surface area contributed by atoms with Gasteiger partial charge in [-0.2, -0.15) is 13.2 Å². The van der Waals surface area contributed by atoms with Gasteiger partial charge in [-0.05, 0) is 6.92 Å². The van der Waals surface area contributed by atoms with Crippen molar-refractivity contribution in [2.24, 2.45) is 0 Å². The third-order valence-corrected chi connectivity index (χ3v) is 5.32. The SMILES string of the molecule is Cc1csc(N2CCN(c3ncc(C(F)(F)F)s3)CC2)n1. The molecule has 0 bridgehead atoms. The first-order chi connectivity index (χ1) is 9.93. The molecule has 1 aliphatic rings. The first-order valence-corrected chi connectivity index (χ1v) is 8.08. The number of thiazole rings is 2. The Morgan fingerprint density at radius 1 is 1.10 bits per heavy atom. The molecular weight excluding hydrogens is 321 g/mol. The van der Waals surface area contributed by atoms with Crippen LogP contribution in [0, 0.1) is 6.92 Å². The predicted octanol–water partition coefficient (Wildman–Crippen LogP) is 3.25. The van der Waals surface area contributed by atoms with Crippen molar-refractivity contribution < 1.29 is 13.2 Å². The van der Waals surface area contributed by atoms with Gasteiger partial charge >= 0.3 is 6.18 Å². The Bertz CT molecular complexity index is 614. The van der Waals surface area contributed by atoms with Gasteiger partial charge in [-0.3, -0.25) is 0 Å². The molecule has 114 valence electrons. The highest BCUT2D eigenvalue weighted by Crippen LogP contribution is 2.36. The second-order valence-corrected chi connectivity index (χ2v) is 6.60. The summed E-state index contributed by atoms with van der Waals surface area (Å²) in [7, 11) is 0. The van der Waals surface area contributed by atoms with Crippen LogP contribution in [0.25, 0.3) is 0 Å². The lowest BCUT2D eigenvalue weighted by atomic mass is 10.3. The van der Waals surface area contributed by atoms with Crippen LogP contribution in [0.1, 0.15) is 10.6 Å². The van der Waals surface area contributed by atoms with E-state index in [1.807, 2.05) is 17.2 Å². The molecule has 0 saturated carbocycles. The number of rotatable bonds is 2. The molecule has 0 atom stereocenters. The molecule has 0 aliphatic carbocycles. The highest BCUT2D eigenvalue weighted by atomic mass is 32.1. The Morgan fingerprint density at radius 3 is 2.19 bits per heavy atom. The Morgan fingerprint density at radius 2 is 1.71 bits per heavy atom. The maximum atomic E-state index is 12.6. The normalized spacial score (nSPS) is 16.6. The summed E-state index contributed by atoms with van der Waals surface area (Å²) < 4.78 is 37.8. The Labute approximate surface area is 127 Å². The lowest BCUT2D eigenvalue weighted by Crippen LogP contribution is -2.46. The van der Waals surface area contributed by atoms with Crippen LogP contribution in [0.2, 0.25) is 0 Å². The zero-order valence-electron chi connectivity index (χ0n) is 11.2. The van der Waals surface area contributed by atoms with Crippen LogP contribution in [0.3, 0.4) is 0 Å². The van der Waals surface area contributed by atoms with E-state index in [4.69, 9.17) is 0 Å². The molecular formula is C12H13F3N4S2. The maximum absolute atomic E-state index is 12.6. The molecule has 21 heavy (non-hydrogen) atoms. The van der Waals surface area contributed by atoms with Crippen molar-refractivity contribution in [3.8, 4) is 0 Å². The van der Waals surface area contributed by atoms with Gasteiger partial charge in [0.1, 0.15) is 4.88 Å². The monoisotopic (exact) mass is 334 g/mol. The second kappa shape index (κ2) is 5.45. The van der Waals surface area contributed by atoms with E-state index in [-0.39, 0.29) is 0 Å². The smallest absolute Gasteiger partial charge is 0.345 e. The quantitative estimate of drug-likeness (QED) is 0.844. The Hall–Kier alpha value is -1.35. The largest absolute Gasteiger partial charge is 0.427 e. The third kappa shape index (κ3) is 3.13. The van der Waals surface area contributed by atoms with E-state index in [0.717, 1.165) is 30.1 Å². The molecule has 1 fully saturated rings. The molecule has 0 unspecified atom stereocenters.